The van der Waals surface area contributed by atoms with E-state index in [0.717, 1.165) is 34.8 Å². The first kappa shape index (κ1) is 17.1. The maximum Gasteiger partial charge on any atom is 0.320 e. The normalized spacial score (nSPS) is 14.6. The van der Waals surface area contributed by atoms with E-state index in [4.69, 9.17) is 0 Å². The van der Waals surface area contributed by atoms with Gasteiger partial charge in [-0.3, -0.25) is 23.5 Å². The number of nitrogens with zero attached hydrogens (tertiary/aromatic N) is 2. The van der Waals surface area contributed by atoms with Crippen LogP contribution in [0.1, 0.15) is 31.2 Å². The van der Waals surface area contributed by atoms with Crippen molar-refractivity contribution in [2.45, 2.75) is 45.2 Å². The number of benzene rings is 1. The van der Waals surface area contributed by atoms with Crippen LogP contribution in [0.25, 0.3) is 5.69 Å². The molecule has 6 nitrogen and oxygen atoms in total. The molecule has 0 saturated heterocycles. The zero-order valence-corrected chi connectivity index (χ0v) is 14.0. The summed E-state index contributed by atoms with van der Waals surface area (Å²) in [6, 6.07) is 4.18. The summed E-state index contributed by atoms with van der Waals surface area (Å²) in [5.74, 6) is -0.777. The van der Waals surface area contributed by atoms with Gasteiger partial charge in [-0.1, -0.05) is 18.9 Å². The van der Waals surface area contributed by atoms with Gasteiger partial charge in [0.15, 0.2) is 0 Å². The molecule has 0 aliphatic heterocycles. The molecule has 1 aromatic heterocycles. The number of amides is 1. The lowest BCUT2D eigenvalue weighted by Gasteiger charge is -2.14. The second-order valence-corrected chi connectivity index (χ2v) is 6.39. The number of halogens is 1. The maximum atomic E-state index is 13.5. The van der Waals surface area contributed by atoms with Crippen LogP contribution >= 0.6 is 0 Å². The molecule has 1 saturated carbocycles. The largest absolute Gasteiger partial charge is 0.352 e. The van der Waals surface area contributed by atoms with Crippen molar-refractivity contribution in [3.05, 3.63) is 62.7 Å². The molecular formula is C18H20FN3O3. The number of nitrogens with one attached hydrogen (secondary N) is 1. The Morgan fingerprint density at radius 2 is 1.92 bits per heavy atom. The first-order valence-electron chi connectivity index (χ1n) is 8.33. The van der Waals surface area contributed by atoms with E-state index in [1.807, 2.05) is 0 Å². The number of hydrogen-bond donors (Lipinski definition) is 1. The van der Waals surface area contributed by atoms with Crippen LogP contribution < -0.4 is 16.4 Å². The average Bonchev–Trinajstić information content (AvgIpc) is 3.07. The Morgan fingerprint density at radius 3 is 2.64 bits per heavy atom. The highest BCUT2D eigenvalue weighted by molar-refractivity contribution is 5.76. The minimum Gasteiger partial charge on any atom is -0.352 e. The van der Waals surface area contributed by atoms with Crippen molar-refractivity contribution in [1.29, 1.82) is 0 Å². The van der Waals surface area contributed by atoms with Crippen molar-refractivity contribution >= 4 is 5.91 Å². The van der Waals surface area contributed by atoms with Gasteiger partial charge in [-0.2, -0.15) is 0 Å². The standard InChI is InChI=1S/C18H20FN3O3/c1-12-6-7-13(19)10-15(12)22-9-8-21(17(24)18(22)25)11-16(23)20-14-4-2-3-5-14/h6-10,14H,2-5,11H2,1H3,(H,20,23). The second-order valence-electron chi connectivity index (χ2n) is 6.39. The summed E-state index contributed by atoms with van der Waals surface area (Å²) >= 11 is 0. The van der Waals surface area contributed by atoms with E-state index in [9.17, 15) is 18.8 Å². The van der Waals surface area contributed by atoms with Gasteiger partial charge in [0.2, 0.25) is 5.91 Å². The number of carbonyl (C=O) groups is 1. The lowest BCUT2D eigenvalue weighted by molar-refractivity contribution is -0.122. The number of aryl methyl sites for hydroxylation is 1. The van der Waals surface area contributed by atoms with Crippen LogP contribution in [0.15, 0.2) is 40.2 Å². The third-order valence-electron chi connectivity index (χ3n) is 4.52. The number of carbonyl (C=O) groups excluding carboxylic acids is 1. The first-order chi connectivity index (χ1) is 12.0. The first-order valence-corrected chi connectivity index (χ1v) is 8.33. The van der Waals surface area contributed by atoms with Crippen molar-refractivity contribution in [1.82, 2.24) is 14.5 Å². The Balaban J connectivity index is 1.85. The zero-order valence-electron chi connectivity index (χ0n) is 14.0. The molecule has 1 aliphatic carbocycles. The Labute approximate surface area is 143 Å². The molecule has 25 heavy (non-hydrogen) atoms. The minimum absolute atomic E-state index is 0.151. The Hall–Kier alpha value is -2.70. The van der Waals surface area contributed by atoms with Crippen LogP contribution in [0.2, 0.25) is 0 Å². The molecule has 1 aliphatic rings. The van der Waals surface area contributed by atoms with Crippen LogP contribution in [0.4, 0.5) is 4.39 Å². The summed E-state index contributed by atoms with van der Waals surface area (Å²) in [7, 11) is 0. The molecule has 0 bridgehead atoms. The lowest BCUT2D eigenvalue weighted by Crippen LogP contribution is -2.44. The fourth-order valence-electron chi connectivity index (χ4n) is 3.16. The Bertz CT molecular complexity index is 911. The van der Waals surface area contributed by atoms with E-state index >= 15 is 0 Å². The van der Waals surface area contributed by atoms with E-state index < -0.39 is 16.9 Å². The van der Waals surface area contributed by atoms with Gasteiger partial charge in [0, 0.05) is 18.4 Å². The number of hydrogen-bond acceptors (Lipinski definition) is 3. The van der Waals surface area contributed by atoms with Crippen LogP contribution in [0.5, 0.6) is 0 Å². The molecule has 1 heterocycles. The molecule has 0 unspecified atom stereocenters. The molecule has 1 aromatic carbocycles. The predicted octanol–water partition coefficient (Wildman–Crippen LogP) is 1.51. The summed E-state index contributed by atoms with van der Waals surface area (Å²) in [5.41, 5.74) is -0.651. The Morgan fingerprint density at radius 1 is 1.20 bits per heavy atom. The fraction of sp³-hybridized carbons (Fsp3) is 0.389. The van der Waals surface area contributed by atoms with E-state index in [2.05, 4.69) is 5.32 Å². The van der Waals surface area contributed by atoms with E-state index in [1.165, 1.54) is 30.6 Å². The number of aromatic nitrogens is 2. The van der Waals surface area contributed by atoms with Crippen LogP contribution in [-0.2, 0) is 11.3 Å². The highest BCUT2D eigenvalue weighted by Gasteiger charge is 2.18. The average molecular weight is 345 g/mol. The van der Waals surface area contributed by atoms with Crippen LogP contribution in [-0.4, -0.2) is 21.1 Å². The molecule has 1 fully saturated rings. The van der Waals surface area contributed by atoms with Gasteiger partial charge < -0.3 is 5.32 Å². The number of rotatable bonds is 4. The van der Waals surface area contributed by atoms with Crippen molar-refractivity contribution in [2.24, 2.45) is 0 Å². The summed E-state index contributed by atoms with van der Waals surface area (Å²) in [6.45, 7) is 1.52. The highest BCUT2D eigenvalue weighted by atomic mass is 19.1. The van der Waals surface area contributed by atoms with Crippen molar-refractivity contribution in [2.75, 3.05) is 0 Å². The van der Waals surface area contributed by atoms with Crippen molar-refractivity contribution in [3.8, 4) is 5.69 Å². The SMILES string of the molecule is Cc1ccc(F)cc1-n1ccn(CC(=O)NC2CCCC2)c(=O)c1=O. The minimum atomic E-state index is -0.815. The van der Waals surface area contributed by atoms with Crippen LogP contribution in [0.3, 0.4) is 0 Å². The molecule has 7 heteroatoms. The van der Waals surface area contributed by atoms with E-state index in [1.54, 1.807) is 6.92 Å². The smallest absolute Gasteiger partial charge is 0.320 e. The van der Waals surface area contributed by atoms with Gasteiger partial charge in [0.1, 0.15) is 12.4 Å². The van der Waals surface area contributed by atoms with Gasteiger partial charge in [0.05, 0.1) is 5.69 Å². The van der Waals surface area contributed by atoms with Gasteiger partial charge in [-0.25, -0.2) is 4.39 Å². The molecular weight excluding hydrogens is 325 g/mol. The zero-order chi connectivity index (χ0) is 18.0. The molecule has 132 valence electrons. The van der Waals surface area contributed by atoms with E-state index in [0.29, 0.717) is 11.3 Å². The van der Waals surface area contributed by atoms with Crippen molar-refractivity contribution in [3.63, 3.8) is 0 Å². The van der Waals surface area contributed by atoms with E-state index in [-0.39, 0.29) is 18.5 Å². The third kappa shape index (κ3) is 3.70. The predicted molar refractivity (Wildman–Crippen MR) is 91.4 cm³/mol. The molecule has 1 N–H and O–H groups in total. The monoisotopic (exact) mass is 345 g/mol. The molecule has 1 amide bonds. The quantitative estimate of drug-likeness (QED) is 0.854. The Kier molecular flexibility index (Phi) is 4.83. The van der Waals surface area contributed by atoms with Gasteiger partial charge in [-0.05, 0) is 37.5 Å². The fourth-order valence-corrected chi connectivity index (χ4v) is 3.16. The lowest BCUT2D eigenvalue weighted by atomic mass is 10.2. The highest BCUT2D eigenvalue weighted by Crippen LogP contribution is 2.17. The van der Waals surface area contributed by atoms with Crippen LogP contribution in [0, 0.1) is 12.7 Å². The van der Waals surface area contributed by atoms with Gasteiger partial charge in [-0.15, -0.1) is 0 Å². The summed E-state index contributed by atoms with van der Waals surface area (Å²) in [4.78, 5) is 36.7. The molecule has 3 rings (SSSR count). The summed E-state index contributed by atoms with van der Waals surface area (Å²) in [6.07, 6.45) is 6.83. The molecule has 0 atom stereocenters. The van der Waals surface area contributed by atoms with Crippen molar-refractivity contribution < 1.29 is 9.18 Å². The summed E-state index contributed by atoms with van der Waals surface area (Å²) in [5, 5.41) is 2.88. The van der Waals surface area contributed by atoms with Gasteiger partial charge in [0.25, 0.3) is 0 Å². The molecule has 0 radical (unpaired) electrons. The molecule has 0 spiro atoms. The maximum absolute atomic E-state index is 13.5. The second kappa shape index (κ2) is 7.04. The summed E-state index contributed by atoms with van der Waals surface area (Å²) < 4.78 is 15.6. The third-order valence-corrected chi connectivity index (χ3v) is 4.52. The van der Waals surface area contributed by atoms with Gasteiger partial charge >= 0.3 is 11.1 Å². The molecule has 2 aromatic rings. The topological polar surface area (TPSA) is 73.1 Å².